The molecule has 2 unspecified atom stereocenters. The third-order valence-electron chi connectivity index (χ3n) is 7.54. The number of aryl methyl sites for hydroxylation is 1. The SMILES string of the molecule is Cc1ccc2c(oc3ncccc32)c1N1C(C(C)(C)C)N(c2ccccc2)C(c2ccccc2)[C@@H]1C. The summed E-state index contributed by atoms with van der Waals surface area (Å²) >= 11 is 0. The normalized spacial score (nSPS) is 20.5. The predicted molar refractivity (Wildman–Crippen MR) is 150 cm³/mol. The number of hydrogen-bond donors (Lipinski definition) is 0. The van der Waals surface area contributed by atoms with Crippen molar-refractivity contribution in [2.45, 2.75) is 52.9 Å². The Morgan fingerprint density at radius 2 is 1.47 bits per heavy atom. The van der Waals surface area contributed by atoms with Crippen LogP contribution in [0.5, 0.6) is 0 Å². The minimum absolute atomic E-state index is 0.0491. The lowest BCUT2D eigenvalue weighted by atomic mass is 9.89. The predicted octanol–water partition coefficient (Wildman–Crippen LogP) is 8.12. The zero-order valence-corrected chi connectivity index (χ0v) is 21.6. The van der Waals surface area contributed by atoms with Crippen LogP contribution in [0, 0.1) is 12.3 Å². The van der Waals surface area contributed by atoms with Crippen LogP contribution in [0.2, 0.25) is 0 Å². The molecule has 5 aromatic rings. The Kier molecular flexibility index (Phi) is 5.29. The molecule has 1 fully saturated rings. The van der Waals surface area contributed by atoms with E-state index in [2.05, 4.69) is 128 Å². The highest BCUT2D eigenvalue weighted by Gasteiger charge is 2.51. The molecular weight excluding hydrogens is 442 g/mol. The molecule has 3 atom stereocenters. The molecule has 1 saturated heterocycles. The van der Waals surface area contributed by atoms with Crippen molar-refractivity contribution in [2.75, 3.05) is 9.80 Å². The van der Waals surface area contributed by atoms with Gasteiger partial charge in [-0.2, -0.15) is 0 Å². The average Bonchev–Trinajstić information content (AvgIpc) is 3.40. The number of nitrogens with zero attached hydrogens (tertiary/aromatic N) is 3. The van der Waals surface area contributed by atoms with Crippen molar-refractivity contribution in [3.8, 4) is 0 Å². The zero-order valence-electron chi connectivity index (χ0n) is 21.6. The van der Waals surface area contributed by atoms with E-state index in [1.165, 1.54) is 16.8 Å². The third-order valence-corrected chi connectivity index (χ3v) is 7.54. The highest BCUT2D eigenvalue weighted by Crippen LogP contribution is 2.51. The summed E-state index contributed by atoms with van der Waals surface area (Å²) in [4.78, 5) is 9.77. The maximum atomic E-state index is 6.50. The molecule has 4 heteroatoms. The van der Waals surface area contributed by atoms with E-state index in [0.29, 0.717) is 5.71 Å². The van der Waals surface area contributed by atoms with Gasteiger partial charge in [0.05, 0.1) is 17.8 Å². The summed E-state index contributed by atoms with van der Waals surface area (Å²) in [6, 6.07) is 30.6. The van der Waals surface area contributed by atoms with Crippen molar-refractivity contribution in [1.82, 2.24) is 4.98 Å². The van der Waals surface area contributed by atoms with Gasteiger partial charge in [0.2, 0.25) is 5.71 Å². The van der Waals surface area contributed by atoms with E-state index in [9.17, 15) is 0 Å². The molecule has 0 bridgehead atoms. The van der Waals surface area contributed by atoms with Crippen LogP contribution < -0.4 is 9.80 Å². The lowest BCUT2D eigenvalue weighted by molar-refractivity contribution is 0.316. The Morgan fingerprint density at radius 3 is 2.17 bits per heavy atom. The van der Waals surface area contributed by atoms with E-state index in [0.717, 1.165) is 22.0 Å². The van der Waals surface area contributed by atoms with Crippen molar-refractivity contribution >= 4 is 33.4 Å². The van der Waals surface area contributed by atoms with Crippen molar-refractivity contribution in [2.24, 2.45) is 5.41 Å². The molecule has 0 spiro atoms. The number of pyridine rings is 1. The van der Waals surface area contributed by atoms with E-state index in [4.69, 9.17) is 4.42 Å². The number of fused-ring (bicyclic) bond motifs is 3. The molecular formula is C32H33N3O. The van der Waals surface area contributed by atoms with Crippen LogP contribution in [0.15, 0.2) is 95.5 Å². The first-order valence-electron chi connectivity index (χ1n) is 12.8. The smallest absolute Gasteiger partial charge is 0.227 e. The standard InChI is InChI=1S/C32H33N3O/c1-21-18-19-25-26-17-12-20-33-30(26)36-29(25)27(21)34-22(2)28(23-13-8-6-9-14-23)35(31(34)32(3,4)5)24-15-10-7-11-16-24/h6-20,22,28,31H,1-5H3/t22-,28?,31?/m0/s1. The summed E-state index contributed by atoms with van der Waals surface area (Å²) in [6.07, 6.45) is 1.90. The van der Waals surface area contributed by atoms with Gasteiger partial charge in [0.1, 0.15) is 6.17 Å². The van der Waals surface area contributed by atoms with E-state index in [-0.39, 0.29) is 23.7 Å². The first kappa shape index (κ1) is 22.7. The van der Waals surface area contributed by atoms with Gasteiger partial charge in [0.25, 0.3) is 0 Å². The van der Waals surface area contributed by atoms with Gasteiger partial charge in [-0.1, -0.05) is 81.4 Å². The van der Waals surface area contributed by atoms with Gasteiger partial charge in [-0.3, -0.25) is 0 Å². The quantitative estimate of drug-likeness (QED) is 0.264. The molecule has 0 radical (unpaired) electrons. The van der Waals surface area contributed by atoms with Gasteiger partial charge in [0, 0.05) is 28.1 Å². The number of aromatic nitrogens is 1. The van der Waals surface area contributed by atoms with Crippen LogP contribution in [0.3, 0.4) is 0 Å². The number of para-hydroxylation sites is 1. The van der Waals surface area contributed by atoms with Crippen molar-refractivity contribution < 1.29 is 4.42 Å². The molecule has 36 heavy (non-hydrogen) atoms. The van der Waals surface area contributed by atoms with E-state index in [1.54, 1.807) is 6.20 Å². The molecule has 3 heterocycles. The summed E-state index contributed by atoms with van der Waals surface area (Å²) in [6.45, 7) is 11.6. The molecule has 3 aromatic carbocycles. The average molecular weight is 476 g/mol. The molecule has 4 nitrogen and oxygen atoms in total. The van der Waals surface area contributed by atoms with Gasteiger partial charge in [-0.25, -0.2) is 4.98 Å². The van der Waals surface area contributed by atoms with Crippen LogP contribution in [-0.2, 0) is 0 Å². The van der Waals surface area contributed by atoms with E-state index < -0.39 is 0 Å². The lowest BCUT2D eigenvalue weighted by Gasteiger charge is -2.43. The Morgan fingerprint density at radius 1 is 0.778 bits per heavy atom. The fraction of sp³-hybridized carbons (Fsp3) is 0.281. The minimum Gasteiger partial charge on any atom is -0.436 e. The Hall–Kier alpha value is -3.79. The van der Waals surface area contributed by atoms with Crippen LogP contribution in [0.25, 0.3) is 22.1 Å². The number of furan rings is 1. The fourth-order valence-electron chi connectivity index (χ4n) is 6.12. The number of anilines is 2. The van der Waals surface area contributed by atoms with E-state index in [1.807, 2.05) is 6.07 Å². The van der Waals surface area contributed by atoms with Gasteiger partial charge in [-0.15, -0.1) is 0 Å². The summed E-state index contributed by atoms with van der Waals surface area (Å²) in [5, 5.41) is 2.18. The summed E-state index contributed by atoms with van der Waals surface area (Å²) in [5.74, 6) is 0. The van der Waals surface area contributed by atoms with Crippen molar-refractivity contribution in [1.29, 1.82) is 0 Å². The monoisotopic (exact) mass is 475 g/mol. The number of benzene rings is 3. The van der Waals surface area contributed by atoms with E-state index >= 15 is 0 Å². The summed E-state index contributed by atoms with van der Waals surface area (Å²) in [7, 11) is 0. The molecule has 182 valence electrons. The summed E-state index contributed by atoms with van der Waals surface area (Å²) in [5.41, 5.74) is 6.50. The minimum atomic E-state index is -0.0491. The second-order valence-electron chi connectivity index (χ2n) is 11.1. The molecule has 6 rings (SSSR count). The van der Waals surface area contributed by atoms with Crippen LogP contribution in [-0.4, -0.2) is 17.2 Å². The topological polar surface area (TPSA) is 32.5 Å². The van der Waals surface area contributed by atoms with Crippen molar-refractivity contribution in [3.63, 3.8) is 0 Å². The third kappa shape index (κ3) is 3.47. The Balaban J connectivity index is 1.64. The molecule has 0 amide bonds. The molecule has 1 aliphatic heterocycles. The van der Waals surface area contributed by atoms with Gasteiger partial charge >= 0.3 is 0 Å². The molecule has 0 saturated carbocycles. The van der Waals surface area contributed by atoms with Gasteiger partial charge < -0.3 is 14.2 Å². The molecule has 2 aromatic heterocycles. The largest absolute Gasteiger partial charge is 0.436 e. The van der Waals surface area contributed by atoms with Gasteiger partial charge in [-0.05, 0) is 49.2 Å². The van der Waals surface area contributed by atoms with Crippen LogP contribution in [0.1, 0.15) is 44.9 Å². The number of rotatable bonds is 3. The number of hydrogen-bond acceptors (Lipinski definition) is 4. The lowest BCUT2D eigenvalue weighted by Crippen LogP contribution is -2.49. The Bertz CT molecular complexity index is 1520. The second kappa shape index (κ2) is 8.41. The molecule has 0 aliphatic carbocycles. The molecule has 1 aliphatic rings. The maximum absolute atomic E-state index is 6.50. The second-order valence-corrected chi connectivity index (χ2v) is 11.1. The van der Waals surface area contributed by atoms with Crippen LogP contribution >= 0.6 is 0 Å². The van der Waals surface area contributed by atoms with Crippen LogP contribution in [0.4, 0.5) is 11.4 Å². The first-order chi connectivity index (χ1) is 17.4. The highest BCUT2D eigenvalue weighted by atomic mass is 16.3. The maximum Gasteiger partial charge on any atom is 0.227 e. The van der Waals surface area contributed by atoms with Crippen molar-refractivity contribution in [3.05, 3.63) is 102 Å². The summed E-state index contributed by atoms with van der Waals surface area (Å²) < 4.78 is 6.50. The Labute approximate surface area is 213 Å². The van der Waals surface area contributed by atoms with Gasteiger partial charge in [0.15, 0.2) is 5.58 Å². The zero-order chi connectivity index (χ0) is 25.0. The molecule has 0 N–H and O–H groups in total. The fourth-order valence-corrected chi connectivity index (χ4v) is 6.12. The highest BCUT2D eigenvalue weighted by molar-refractivity contribution is 6.08. The first-order valence-corrected chi connectivity index (χ1v) is 12.8.